The van der Waals surface area contributed by atoms with E-state index in [-0.39, 0.29) is 18.6 Å². The van der Waals surface area contributed by atoms with Gasteiger partial charge in [0.05, 0.1) is 0 Å². The van der Waals surface area contributed by atoms with Gasteiger partial charge in [0, 0.05) is 19.1 Å². The van der Waals surface area contributed by atoms with Gasteiger partial charge >= 0.3 is 0 Å². The second kappa shape index (κ2) is 9.25. The molecule has 1 aliphatic heterocycles. The fourth-order valence-corrected chi connectivity index (χ4v) is 3.26. The van der Waals surface area contributed by atoms with Crippen LogP contribution >= 0.6 is 0 Å². The third kappa shape index (κ3) is 4.76. The molecule has 0 spiro atoms. The molecular formula is C21H26N2O3. The van der Waals surface area contributed by atoms with E-state index in [2.05, 4.69) is 5.32 Å². The van der Waals surface area contributed by atoms with Crippen LogP contribution < -0.4 is 14.8 Å². The number of benzene rings is 2. The number of ether oxygens (including phenoxy) is 2. The van der Waals surface area contributed by atoms with Gasteiger partial charge in [0.1, 0.15) is 6.61 Å². The zero-order valence-corrected chi connectivity index (χ0v) is 15.2. The molecule has 138 valence electrons. The van der Waals surface area contributed by atoms with Gasteiger partial charge in [0.25, 0.3) is 5.91 Å². The van der Waals surface area contributed by atoms with Crippen molar-refractivity contribution in [1.82, 2.24) is 10.2 Å². The van der Waals surface area contributed by atoms with Gasteiger partial charge in [-0.2, -0.15) is 0 Å². The Hall–Kier alpha value is -2.53. The Morgan fingerprint density at radius 3 is 2.50 bits per heavy atom. The molecule has 5 heteroatoms. The summed E-state index contributed by atoms with van der Waals surface area (Å²) in [6.45, 7) is 2.13. The van der Waals surface area contributed by atoms with E-state index in [1.54, 1.807) is 0 Å². The van der Waals surface area contributed by atoms with Crippen LogP contribution in [0.25, 0.3) is 0 Å². The fraction of sp³-hybridized carbons (Fsp3) is 0.381. The summed E-state index contributed by atoms with van der Waals surface area (Å²) in [4.78, 5) is 14.4. The Bertz CT molecular complexity index is 705. The molecule has 2 aromatic rings. The van der Waals surface area contributed by atoms with E-state index in [1.165, 1.54) is 0 Å². The SMILES string of the molecule is CNCC1CCCN1C(=O)COc1ccccc1OCc1ccccc1. The summed E-state index contributed by atoms with van der Waals surface area (Å²) in [6.07, 6.45) is 2.10. The molecule has 1 fully saturated rings. The standard InChI is InChI=1S/C21H26N2O3/c1-22-14-18-10-7-13-23(18)21(24)16-26-20-12-6-5-11-19(20)25-15-17-8-3-2-4-9-17/h2-6,8-9,11-12,18,22H,7,10,13-16H2,1H3. The largest absolute Gasteiger partial charge is 0.485 e. The molecule has 1 unspecified atom stereocenters. The van der Waals surface area contributed by atoms with Gasteiger partial charge in [-0.15, -0.1) is 0 Å². The topological polar surface area (TPSA) is 50.8 Å². The number of likely N-dealkylation sites (tertiary alicyclic amines) is 1. The summed E-state index contributed by atoms with van der Waals surface area (Å²) in [5, 5.41) is 3.15. The first-order chi connectivity index (χ1) is 12.8. The van der Waals surface area contributed by atoms with Gasteiger partial charge in [-0.1, -0.05) is 42.5 Å². The van der Waals surface area contributed by atoms with Crippen molar-refractivity contribution < 1.29 is 14.3 Å². The molecule has 1 aliphatic rings. The average molecular weight is 354 g/mol. The highest BCUT2D eigenvalue weighted by atomic mass is 16.5. The van der Waals surface area contributed by atoms with Crippen molar-refractivity contribution in [2.45, 2.75) is 25.5 Å². The molecule has 0 saturated carbocycles. The highest BCUT2D eigenvalue weighted by Gasteiger charge is 2.28. The Kier molecular flexibility index (Phi) is 6.50. The molecule has 26 heavy (non-hydrogen) atoms. The summed E-state index contributed by atoms with van der Waals surface area (Å²) >= 11 is 0. The van der Waals surface area contributed by atoms with Crippen LogP contribution in [-0.4, -0.2) is 43.6 Å². The number of amides is 1. The van der Waals surface area contributed by atoms with E-state index >= 15 is 0 Å². The molecule has 2 aromatic carbocycles. The molecule has 3 rings (SSSR count). The minimum atomic E-state index is 0.0283. The van der Waals surface area contributed by atoms with E-state index in [0.29, 0.717) is 18.1 Å². The Labute approximate surface area is 154 Å². The summed E-state index contributed by atoms with van der Waals surface area (Å²) in [7, 11) is 1.91. The predicted molar refractivity (Wildman–Crippen MR) is 101 cm³/mol. The zero-order chi connectivity index (χ0) is 18.2. The van der Waals surface area contributed by atoms with Crippen molar-refractivity contribution >= 4 is 5.91 Å². The molecule has 1 N–H and O–H groups in total. The third-order valence-corrected chi connectivity index (χ3v) is 4.57. The van der Waals surface area contributed by atoms with Crippen LogP contribution in [0.1, 0.15) is 18.4 Å². The summed E-state index contributed by atoms with van der Waals surface area (Å²) < 4.78 is 11.7. The van der Waals surface area contributed by atoms with E-state index in [9.17, 15) is 4.79 Å². The lowest BCUT2D eigenvalue weighted by Gasteiger charge is -2.24. The quantitative estimate of drug-likeness (QED) is 0.792. The number of hydrogen-bond acceptors (Lipinski definition) is 4. The molecule has 0 aliphatic carbocycles. The molecule has 0 aromatic heterocycles. The van der Waals surface area contributed by atoms with Gasteiger partial charge in [-0.05, 0) is 37.6 Å². The number of nitrogens with one attached hydrogen (secondary N) is 1. The minimum Gasteiger partial charge on any atom is -0.485 e. The van der Waals surface area contributed by atoms with Crippen LogP contribution in [0.3, 0.4) is 0 Å². The number of rotatable bonds is 8. The maximum Gasteiger partial charge on any atom is 0.260 e. The first kappa shape index (κ1) is 18.3. The average Bonchev–Trinajstić information content (AvgIpc) is 3.14. The number of likely N-dealkylation sites (N-methyl/N-ethyl adjacent to an activating group) is 1. The molecule has 1 amide bonds. The normalized spacial score (nSPS) is 16.5. The first-order valence-electron chi connectivity index (χ1n) is 9.10. The van der Waals surface area contributed by atoms with Crippen molar-refractivity contribution in [2.24, 2.45) is 0 Å². The highest BCUT2D eigenvalue weighted by molar-refractivity contribution is 5.78. The van der Waals surface area contributed by atoms with Gasteiger partial charge < -0.3 is 19.7 Å². The third-order valence-electron chi connectivity index (χ3n) is 4.57. The Morgan fingerprint density at radius 2 is 1.77 bits per heavy atom. The van der Waals surface area contributed by atoms with Gasteiger partial charge in [-0.25, -0.2) is 0 Å². The highest BCUT2D eigenvalue weighted by Crippen LogP contribution is 2.27. The maximum atomic E-state index is 12.5. The predicted octanol–water partition coefficient (Wildman–Crippen LogP) is 2.85. The van der Waals surface area contributed by atoms with Crippen LogP contribution in [0.4, 0.5) is 0 Å². The molecular weight excluding hydrogens is 328 g/mol. The lowest BCUT2D eigenvalue weighted by atomic mass is 10.2. The lowest BCUT2D eigenvalue weighted by Crippen LogP contribution is -2.43. The summed E-state index contributed by atoms with van der Waals surface area (Å²) in [6, 6.07) is 17.7. The Morgan fingerprint density at radius 1 is 1.08 bits per heavy atom. The van der Waals surface area contributed by atoms with Crippen LogP contribution in [0.5, 0.6) is 11.5 Å². The second-order valence-electron chi connectivity index (χ2n) is 6.45. The fourth-order valence-electron chi connectivity index (χ4n) is 3.26. The molecule has 1 atom stereocenters. The second-order valence-corrected chi connectivity index (χ2v) is 6.45. The molecule has 1 saturated heterocycles. The number of para-hydroxylation sites is 2. The number of hydrogen-bond donors (Lipinski definition) is 1. The Balaban J connectivity index is 1.57. The van der Waals surface area contributed by atoms with Crippen molar-refractivity contribution in [3.63, 3.8) is 0 Å². The zero-order valence-electron chi connectivity index (χ0n) is 15.2. The van der Waals surface area contributed by atoms with Crippen molar-refractivity contribution in [1.29, 1.82) is 0 Å². The molecule has 1 heterocycles. The number of carbonyl (C=O) groups is 1. The molecule has 5 nitrogen and oxygen atoms in total. The van der Waals surface area contributed by atoms with Crippen molar-refractivity contribution in [2.75, 3.05) is 26.7 Å². The van der Waals surface area contributed by atoms with Gasteiger partial charge in [-0.3, -0.25) is 4.79 Å². The van der Waals surface area contributed by atoms with Crippen LogP contribution in [-0.2, 0) is 11.4 Å². The minimum absolute atomic E-state index is 0.0283. The van der Waals surface area contributed by atoms with E-state index in [1.807, 2.05) is 66.5 Å². The van der Waals surface area contributed by atoms with Crippen molar-refractivity contribution in [3.05, 3.63) is 60.2 Å². The number of nitrogens with zero attached hydrogens (tertiary/aromatic N) is 1. The lowest BCUT2D eigenvalue weighted by molar-refractivity contribution is -0.134. The summed E-state index contributed by atoms with van der Waals surface area (Å²) in [5.41, 5.74) is 1.09. The maximum absolute atomic E-state index is 12.5. The van der Waals surface area contributed by atoms with E-state index < -0.39 is 0 Å². The van der Waals surface area contributed by atoms with E-state index in [0.717, 1.165) is 31.5 Å². The van der Waals surface area contributed by atoms with Gasteiger partial charge in [0.2, 0.25) is 0 Å². The van der Waals surface area contributed by atoms with E-state index in [4.69, 9.17) is 9.47 Å². The summed E-state index contributed by atoms with van der Waals surface area (Å²) in [5.74, 6) is 1.28. The van der Waals surface area contributed by atoms with Crippen LogP contribution in [0.15, 0.2) is 54.6 Å². The smallest absolute Gasteiger partial charge is 0.260 e. The first-order valence-corrected chi connectivity index (χ1v) is 9.10. The molecule has 0 bridgehead atoms. The van der Waals surface area contributed by atoms with Crippen LogP contribution in [0, 0.1) is 0 Å². The number of carbonyl (C=O) groups excluding carboxylic acids is 1. The van der Waals surface area contributed by atoms with Crippen molar-refractivity contribution in [3.8, 4) is 11.5 Å². The molecule has 0 radical (unpaired) electrons. The van der Waals surface area contributed by atoms with Gasteiger partial charge in [0.15, 0.2) is 18.1 Å². The van der Waals surface area contributed by atoms with Crippen LogP contribution in [0.2, 0.25) is 0 Å². The monoisotopic (exact) mass is 354 g/mol.